The number of ketones is 1. The minimum absolute atomic E-state index is 0.0150. The Bertz CT molecular complexity index is 3300. The maximum atomic E-state index is 11.8. The number of aliphatic hydroxyl groups excluding tert-OH is 1. The van der Waals surface area contributed by atoms with Gasteiger partial charge in [0, 0.05) is 28.2 Å². The number of halogens is 4. The Morgan fingerprint density at radius 1 is 0.589 bits per heavy atom. The number of carbonyl (C=O) groups is 4. The van der Waals surface area contributed by atoms with Crippen molar-refractivity contribution < 1.29 is 73.3 Å². The largest absolute Gasteiger partial charge is 0.480 e. The topological polar surface area (TPSA) is 399 Å². The van der Waals surface area contributed by atoms with E-state index in [9.17, 15) is 52.8 Å². The molecule has 4 aromatic heterocycles. The molecule has 2 unspecified atom stereocenters. The van der Waals surface area contributed by atoms with Gasteiger partial charge in [0.2, 0.25) is 5.78 Å². The molecule has 4 atom stereocenters. The number of Topliss-reactive ketones (excluding diaryl/α,β-unsaturated/α-hetero) is 1. The first-order valence-electron chi connectivity index (χ1n) is 19.2. The van der Waals surface area contributed by atoms with Crippen LogP contribution in [0.15, 0.2) is 72.3 Å². The van der Waals surface area contributed by atoms with Crippen molar-refractivity contribution in [1.82, 2.24) is 46.6 Å². The van der Waals surface area contributed by atoms with E-state index < -0.39 is 95.3 Å². The Hall–Kier alpha value is -3.46. The summed E-state index contributed by atoms with van der Waals surface area (Å²) < 4.78 is 112. The number of aliphatic carboxylic acids is 3. The summed E-state index contributed by atoms with van der Waals surface area (Å²) in [5.41, 5.74) is -0.419. The third-order valence-electron chi connectivity index (χ3n) is 9.68. The summed E-state index contributed by atoms with van der Waals surface area (Å²) >= 11 is 17.8. The summed E-state index contributed by atoms with van der Waals surface area (Å²) in [4.78, 5) is 60.7. The molecule has 0 spiro atoms. The molecule has 4 aliphatic heterocycles. The van der Waals surface area contributed by atoms with Gasteiger partial charge in [0.15, 0.2) is 0 Å². The molecule has 6 N–H and O–H groups in total. The van der Waals surface area contributed by atoms with E-state index in [1.54, 1.807) is 12.4 Å². The number of nitrogens with one attached hydrogen (secondary N) is 2. The number of rotatable bonds is 9. The van der Waals surface area contributed by atoms with Crippen molar-refractivity contribution in [3.8, 4) is 0 Å². The molecular formula is C33H34Br4N12O16S8. The van der Waals surface area contributed by atoms with E-state index in [0.717, 1.165) is 38.9 Å². The molecule has 40 heteroatoms. The maximum absolute atomic E-state index is 11.8. The number of likely N-dealkylation sites (N-methyl/N-ethyl adjacent to an activating group) is 4. The number of aliphatic hydroxyl groups is 1. The van der Waals surface area contributed by atoms with Crippen molar-refractivity contribution in [1.29, 1.82) is 0 Å². The van der Waals surface area contributed by atoms with Crippen LogP contribution in [0.2, 0.25) is 0 Å². The van der Waals surface area contributed by atoms with E-state index in [-0.39, 0.29) is 35.7 Å². The number of carboxylic acid groups (broad SMARTS) is 3. The SMILES string of the molecule is CN1C(C(=O)CO)=CC(c2ncc(Br)s2)=NS1(=O)=O.CN1C(C(=O)O)=CC(c2ncc(Br)s2)=NS1(=O)=O.CN1C(C(=O)O)CC(c2ncc(Br)s2)NS1(=O)=O.CN1[C@H](C(=O)O)C[C@H](c2ncc(Br)s2)NS1(=O)=O. The van der Waals surface area contributed by atoms with Gasteiger partial charge in [-0.3, -0.25) is 18.7 Å². The van der Waals surface area contributed by atoms with E-state index in [1.807, 2.05) is 0 Å². The van der Waals surface area contributed by atoms with Crippen molar-refractivity contribution >= 4 is 185 Å². The van der Waals surface area contributed by atoms with Gasteiger partial charge in [0.05, 0.1) is 52.0 Å². The molecular weight excluding hydrogens is 1400 g/mol. The molecule has 0 bridgehead atoms. The van der Waals surface area contributed by atoms with Gasteiger partial charge in [-0.05, 0) is 88.7 Å². The predicted octanol–water partition coefficient (Wildman–Crippen LogP) is 2.32. The fourth-order valence-corrected chi connectivity index (χ4v) is 15.5. The molecule has 0 radical (unpaired) electrons. The molecule has 2 fully saturated rings. The number of carboxylic acids is 3. The maximum Gasteiger partial charge on any atom is 0.353 e. The van der Waals surface area contributed by atoms with Gasteiger partial charge in [-0.2, -0.15) is 51.7 Å². The third-order valence-corrected chi connectivity index (χ3v) is 21.7. The van der Waals surface area contributed by atoms with E-state index >= 15 is 0 Å². The number of thiazole rings is 4. The van der Waals surface area contributed by atoms with Gasteiger partial charge in [-0.1, -0.05) is 0 Å². The van der Waals surface area contributed by atoms with Crippen molar-refractivity contribution in [2.45, 2.75) is 37.0 Å². The summed E-state index contributed by atoms with van der Waals surface area (Å²) in [6, 6.07) is -3.37. The summed E-state index contributed by atoms with van der Waals surface area (Å²) in [6.45, 7) is -0.777. The lowest BCUT2D eigenvalue weighted by molar-refractivity contribution is -0.142. The molecule has 8 rings (SSSR count). The summed E-state index contributed by atoms with van der Waals surface area (Å²) in [5.74, 6) is -4.37. The molecule has 0 amide bonds. The zero-order valence-corrected chi connectivity index (χ0v) is 49.7. The number of allylic oxidation sites excluding steroid dienone is 2. The first-order chi connectivity index (χ1) is 33.8. The third kappa shape index (κ3) is 14.9. The minimum Gasteiger partial charge on any atom is -0.480 e. The molecule has 398 valence electrons. The molecule has 28 nitrogen and oxygen atoms in total. The smallest absolute Gasteiger partial charge is 0.353 e. The number of hydrogen-bond acceptors (Lipinski definition) is 21. The van der Waals surface area contributed by atoms with E-state index in [4.69, 9.17) is 20.4 Å². The zero-order chi connectivity index (χ0) is 54.7. The summed E-state index contributed by atoms with van der Waals surface area (Å²) in [7, 11) is -10.8. The lowest BCUT2D eigenvalue weighted by Crippen LogP contribution is -2.54. The lowest BCUT2D eigenvalue weighted by Gasteiger charge is -2.33. The minimum atomic E-state index is -4.02. The molecule has 4 aliphatic rings. The normalized spacial score (nSPS) is 23.0. The van der Waals surface area contributed by atoms with E-state index in [1.165, 1.54) is 79.7 Å². The van der Waals surface area contributed by atoms with Crippen LogP contribution in [0.25, 0.3) is 0 Å². The molecule has 0 aromatic carbocycles. The van der Waals surface area contributed by atoms with Gasteiger partial charge >= 0.3 is 38.3 Å². The number of carbonyl (C=O) groups excluding carboxylic acids is 1. The highest BCUT2D eigenvalue weighted by molar-refractivity contribution is 9.11. The number of hydrogen-bond donors (Lipinski definition) is 6. The van der Waals surface area contributed by atoms with Crippen LogP contribution in [0.5, 0.6) is 0 Å². The molecule has 4 aromatic rings. The Labute approximate surface area is 464 Å². The Morgan fingerprint density at radius 3 is 1.23 bits per heavy atom. The average Bonchev–Trinajstić information content (AvgIpc) is 4.14. The Balaban J connectivity index is 0.000000181. The van der Waals surface area contributed by atoms with Crippen LogP contribution in [-0.4, -0.2) is 173 Å². The molecule has 0 saturated carbocycles. The second-order valence-electron chi connectivity index (χ2n) is 14.3. The number of nitrogens with zero attached hydrogens (tertiary/aromatic N) is 10. The van der Waals surface area contributed by atoms with Crippen molar-refractivity contribution in [3.05, 3.63) is 83.5 Å². The highest BCUT2D eigenvalue weighted by Crippen LogP contribution is 2.34. The van der Waals surface area contributed by atoms with Gasteiger partial charge in [0.25, 0.3) is 20.4 Å². The van der Waals surface area contributed by atoms with Gasteiger partial charge < -0.3 is 20.4 Å². The number of aromatic nitrogens is 4. The van der Waals surface area contributed by atoms with E-state index in [2.05, 4.69) is 102 Å². The average molecular weight is 1430 g/mol. The van der Waals surface area contributed by atoms with Crippen molar-refractivity contribution in [2.24, 2.45) is 8.80 Å². The van der Waals surface area contributed by atoms with Gasteiger partial charge in [0.1, 0.15) is 61.5 Å². The van der Waals surface area contributed by atoms with Crippen LogP contribution in [0, 0.1) is 0 Å². The van der Waals surface area contributed by atoms with Gasteiger partial charge in [-0.15, -0.1) is 54.1 Å². The quantitative estimate of drug-likeness (QED) is 0.140. The van der Waals surface area contributed by atoms with Crippen LogP contribution >= 0.6 is 109 Å². The predicted molar refractivity (Wildman–Crippen MR) is 279 cm³/mol. The van der Waals surface area contributed by atoms with Crippen LogP contribution in [-0.2, 0) is 60.0 Å². The first-order valence-corrected chi connectivity index (χ1v) is 31.3. The first kappa shape index (κ1) is 60.4. The summed E-state index contributed by atoms with van der Waals surface area (Å²) in [6.07, 6.45) is 8.87. The highest BCUT2D eigenvalue weighted by Gasteiger charge is 2.43. The van der Waals surface area contributed by atoms with Crippen molar-refractivity contribution in [3.63, 3.8) is 0 Å². The highest BCUT2D eigenvalue weighted by atomic mass is 79.9. The Kier molecular flexibility index (Phi) is 20.1. The van der Waals surface area contributed by atoms with Gasteiger partial charge in [-0.25, -0.2) is 29.0 Å². The van der Waals surface area contributed by atoms with Crippen LogP contribution in [0.1, 0.15) is 45.0 Å². The Morgan fingerprint density at radius 2 is 0.932 bits per heavy atom. The molecule has 0 aliphatic carbocycles. The summed E-state index contributed by atoms with van der Waals surface area (Å²) in [5, 5.41) is 37.7. The molecule has 2 saturated heterocycles. The second kappa shape index (κ2) is 24.3. The van der Waals surface area contributed by atoms with Crippen molar-refractivity contribution in [2.75, 3.05) is 34.8 Å². The fraction of sp³-hybridized carbons (Fsp3) is 0.333. The molecule has 73 heavy (non-hydrogen) atoms. The van der Waals surface area contributed by atoms with Crippen LogP contribution < -0.4 is 9.44 Å². The van der Waals surface area contributed by atoms with E-state index in [0.29, 0.717) is 31.9 Å². The molecule has 8 heterocycles. The van der Waals surface area contributed by atoms with Crippen LogP contribution in [0.3, 0.4) is 0 Å². The second-order valence-corrected chi connectivity index (χ2v) is 30.8. The standard InChI is InChI=1S/C9H8BrN3O4S2.2C8H10BrN3O4S2.C8H6BrN3O4S2/c1-13-6(7(15)4-14)2-5(12-19(13,16)17)9-11-3-8(10)18-9;3*1-12-5(8(13)14)2-4(11-18(12,15)16)7-10-3-6(9)17-7/h2-3,14H,4H2,1H3;2*3-5,11H,2H2,1H3,(H,13,14);2-3H,1H3,(H,13,14)/t;4-,5+;;/m.1../s1. The zero-order valence-electron chi connectivity index (χ0n) is 36.8. The van der Waals surface area contributed by atoms with Crippen LogP contribution in [0.4, 0.5) is 0 Å². The fourth-order valence-electron chi connectivity index (χ4n) is 5.97. The monoisotopic (exact) mass is 1430 g/mol. The lowest BCUT2D eigenvalue weighted by atomic mass is 10.1.